The number of aromatic nitrogens is 2. The van der Waals surface area contributed by atoms with Crippen molar-refractivity contribution in [3.05, 3.63) is 17.5 Å². The summed E-state index contributed by atoms with van der Waals surface area (Å²) in [5.41, 5.74) is -2.51. The largest absolute Gasteiger partial charge is 0.481 e. The lowest BCUT2D eigenvalue weighted by Gasteiger charge is -2.27. The SMILES string of the molecule is CC(C)(C)n1ncc(C(=O)NC2CCC(C(=O)O)CC2)c1C(F)(F)F. The number of hydrogen-bond acceptors (Lipinski definition) is 3. The Bertz CT molecular complexity index is 654. The Kier molecular flexibility index (Phi) is 5.15. The third kappa shape index (κ3) is 4.32. The van der Waals surface area contributed by atoms with Crippen molar-refractivity contribution in [2.24, 2.45) is 5.92 Å². The predicted molar refractivity (Wildman–Crippen MR) is 83.1 cm³/mol. The van der Waals surface area contributed by atoms with E-state index in [0.717, 1.165) is 10.9 Å². The molecular weight excluding hydrogens is 339 g/mol. The van der Waals surface area contributed by atoms with Crippen LogP contribution in [-0.4, -0.2) is 32.8 Å². The van der Waals surface area contributed by atoms with E-state index in [2.05, 4.69) is 10.4 Å². The fourth-order valence-electron chi connectivity index (χ4n) is 3.04. The fraction of sp³-hybridized carbons (Fsp3) is 0.688. The number of carbonyl (C=O) groups excluding carboxylic acids is 1. The summed E-state index contributed by atoms with van der Waals surface area (Å²) in [7, 11) is 0. The average molecular weight is 361 g/mol. The predicted octanol–water partition coefficient (Wildman–Crippen LogP) is 3.03. The lowest BCUT2D eigenvalue weighted by atomic mass is 9.86. The monoisotopic (exact) mass is 361 g/mol. The fourth-order valence-corrected chi connectivity index (χ4v) is 3.04. The molecule has 0 radical (unpaired) electrons. The molecule has 0 bridgehead atoms. The first-order valence-corrected chi connectivity index (χ1v) is 8.10. The highest BCUT2D eigenvalue weighted by Crippen LogP contribution is 2.35. The van der Waals surface area contributed by atoms with E-state index in [4.69, 9.17) is 5.11 Å². The van der Waals surface area contributed by atoms with E-state index in [-0.39, 0.29) is 6.04 Å². The van der Waals surface area contributed by atoms with Gasteiger partial charge in [-0.25, -0.2) is 0 Å². The summed E-state index contributed by atoms with van der Waals surface area (Å²) in [6.45, 7) is 4.72. The second-order valence-electron chi connectivity index (χ2n) is 7.35. The highest BCUT2D eigenvalue weighted by Gasteiger charge is 2.42. The second kappa shape index (κ2) is 6.68. The van der Waals surface area contributed by atoms with Crippen LogP contribution in [0.25, 0.3) is 0 Å². The summed E-state index contributed by atoms with van der Waals surface area (Å²) >= 11 is 0. The summed E-state index contributed by atoms with van der Waals surface area (Å²) in [5.74, 6) is -2.17. The normalized spacial score (nSPS) is 21.8. The summed E-state index contributed by atoms with van der Waals surface area (Å²) in [5, 5.41) is 15.3. The van der Waals surface area contributed by atoms with Gasteiger partial charge in [-0.2, -0.15) is 18.3 Å². The van der Waals surface area contributed by atoms with Crippen LogP contribution in [0.15, 0.2) is 6.20 Å². The van der Waals surface area contributed by atoms with Gasteiger partial charge in [0.25, 0.3) is 5.91 Å². The third-order valence-corrected chi connectivity index (χ3v) is 4.33. The molecule has 1 aliphatic carbocycles. The second-order valence-corrected chi connectivity index (χ2v) is 7.35. The van der Waals surface area contributed by atoms with Crippen LogP contribution in [0.5, 0.6) is 0 Å². The quantitative estimate of drug-likeness (QED) is 0.867. The van der Waals surface area contributed by atoms with Crippen LogP contribution in [0.2, 0.25) is 0 Å². The van der Waals surface area contributed by atoms with Crippen molar-refractivity contribution >= 4 is 11.9 Å². The molecule has 0 saturated heterocycles. The first kappa shape index (κ1) is 19.3. The van der Waals surface area contributed by atoms with Crippen molar-refractivity contribution in [2.45, 2.75) is 64.2 Å². The van der Waals surface area contributed by atoms with Gasteiger partial charge in [-0.1, -0.05) is 0 Å². The minimum absolute atomic E-state index is 0.331. The molecule has 6 nitrogen and oxygen atoms in total. The van der Waals surface area contributed by atoms with Crippen molar-refractivity contribution in [1.29, 1.82) is 0 Å². The first-order valence-electron chi connectivity index (χ1n) is 8.10. The van der Waals surface area contributed by atoms with E-state index in [1.165, 1.54) is 0 Å². The van der Waals surface area contributed by atoms with Gasteiger partial charge < -0.3 is 10.4 Å². The Balaban J connectivity index is 2.18. The van der Waals surface area contributed by atoms with Crippen molar-refractivity contribution in [2.75, 3.05) is 0 Å². The van der Waals surface area contributed by atoms with E-state index in [9.17, 15) is 22.8 Å². The Morgan fingerprint density at radius 3 is 2.20 bits per heavy atom. The lowest BCUT2D eigenvalue weighted by molar-refractivity contribution is -0.146. The number of halogens is 3. The number of alkyl halides is 3. The van der Waals surface area contributed by atoms with Gasteiger partial charge in [0.1, 0.15) is 0 Å². The highest BCUT2D eigenvalue weighted by atomic mass is 19.4. The molecule has 0 spiro atoms. The smallest absolute Gasteiger partial charge is 0.433 e. The molecular formula is C16H22F3N3O3. The van der Waals surface area contributed by atoms with Crippen LogP contribution in [0.1, 0.15) is 62.5 Å². The molecule has 1 aromatic heterocycles. The molecule has 140 valence electrons. The van der Waals surface area contributed by atoms with Crippen molar-refractivity contribution in [1.82, 2.24) is 15.1 Å². The molecule has 0 unspecified atom stereocenters. The van der Waals surface area contributed by atoms with Crippen LogP contribution in [-0.2, 0) is 16.5 Å². The molecule has 9 heteroatoms. The number of carboxylic acid groups (broad SMARTS) is 1. The lowest BCUT2D eigenvalue weighted by Crippen LogP contribution is -2.39. The Hall–Kier alpha value is -2.06. The molecule has 2 rings (SSSR count). The highest BCUT2D eigenvalue weighted by molar-refractivity contribution is 5.95. The molecule has 1 aliphatic rings. The Labute approximate surface area is 143 Å². The van der Waals surface area contributed by atoms with Gasteiger partial charge in [-0.3, -0.25) is 14.3 Å². The van der Waals surface area contributed by atoms with Crippen molar-refractivity contribution in [3.8, 4) is 0 Å². The molecule has 2 N–H and O–H groups in total. The average Bonchev–Trinajstić information content (AvgIpc) is 2.93. The number of amides is 1. The number of carboxylic acids is 1. The van der Waals surface area contributed by atoms with Gasteiger partial charge in [0.2, 0.25) is 0 Å². The molecule has 0 atom stereocenters. The molecule has 1 amide bonds. The van der Waals surface area contributed by atoms with Crippen LogP contribution in [0.3, 0.4) is 0 Å². The van der Waals surface area contributed by atoms with Gasteiger partial charge in [0.05, 0.1) is 23.2 Å². The number of hydrogen-bond donors (Lipinski definition) is 2. The zero-order valence-electron chi connectivity index (χ0n) is 14.4. The standard InChI is InChI=1S/C16H22F3N3O3/c1-15(2,3)22-12(16(17,18)19)11(8-20-22)13(23)21-10-6-4-9(5-7-10)14(24)25/h8-10H,4-7H2,1-3H3,(H,21,23)(H,24,25). The van der Waals surface area contributed by atoms with E-state index in [1.54, 1.807) is 20.8 Å². The minimum atomic E-state index is -4.71. The summed E-state index contributed by atoms with van der Waals surface area (Å²) in [6, 6.07) is -0.331. The topological polar surface area (TPSA) is 84.2 Å². The van der Waals surface area contributed by atoms with Crippen LogP contribution in [0.4, 0.5) is 13.2 Å². The van der Waals surface area contributed by atoms with Gasteiger partial charge in [-0.05, 0) is 46.5 Å². The molecule has 1 saturated carbocycles. The third-order valence-electron chi connectivity index (χ3n) is 4.33. The molecule has 1 aromatic rings. The number of rotatable bonds is 3. The van der Waals surface area contributed by atoms with E-state index >= 15 is 0 Å². The number of carbonyl (C=O) groups is 2. The summed E-state index contributed by atoms with van der Waals surface area (Å²) in [4.78, 5) is 23.3. The maximum Gasteiger partial charge on any atom is 0.433 e. The molecule has 25 heavy (non-hydrogen) atoms. The Morgan fingerprint density at radius 2 is 1.76 bits per heavy atom. The number of aliphatic carboxylic acids is 1. The first-order chi connectivity index (χ1) is 11.4. The van der Waals surface area contributed by atoms with Crippen LogP contribution >= 0.6 is 0 Å². The molecule has 1 fully saturated rings. The zero-order chi connectivity index (χ0) is 19.0. The van der Waals surface area contributed by atoms with E-state index in [1.807, 2.05) is 0 Å². The van der Waals surface area contributed by atoms with Crippen LogP contribution in [0, 0.1) is 5.92 Å². The summed E-state index contributed by atoms with van der Waals surface area (Å²) in [6.07, 6.45) is -2.13. The van der Waals surface area contributed by atoms with Crippen molar-refractivity contribution in [3.63, 3.8) is 0 Å². The van der Waals surface area contributed by atoms with E-state index in [0.29, 0.717) is 25.7 Å². The summed E-state index contributed by atoms with van der Waals surface area (Å²) < 4.78 is 41.1. The minimum Gasteiger partial charge on any atom is -0.481 e. The van der Waals surface area contributed by atoms with Crippen molar-refractivity contribution < 1.29 is 27.9 Å². The number of nitrogens with one attached hydrogen (secondary N) is 1. The molecule has 1 heterocycles. The van der Waals surface area contributed by atoms with Crippen LogP contribution < -0.4 is 5.32 Å². The van der Waals surface area contributed by atoms with Gasteiger partial charge in [0.15, 0.2) is 5.69 Å². The maximum atomic E-state index is 13.4. The zero-order valence-corrected chi connectivity index (χ0v) is 14.4. The van der Waals surface area contributed by atoms with Gasteiger partial charge in [-0.15, -0.1) is 0 Å². The van der Waals surface area contributed by atoms with Gasteiger partial charge >= 0.3 is 12.1 Å². The van der Waals surface area contributed by atoms with Gasteiger partial charge in [0, 0.05) is 6.04 Å². The molecule has 0 aliphatic heterocycles. The Morgan fingerprint density at radius 1 is 1.20 bits per heavy atom. The van der Waals surface area contributed by atoms with E-state index < -0.39 is 40.8 Å². The number of nitrogens with zero attached hydrogens (tertiary/aromatic N) is 2. The molecule has 0 aromatic carbocycles. The maximum absolute atomic E-state index is 13.4.